The van der Waals surface area contributed by atoms with Crippen LogP contribution in [0.15, 0.2) is 219 Å². The molecule has 1 unspecified atom stereocenters. The Morgan fingerprint density at radius 2 is 0.741 bits per heavy atom. The Morgan fingerprint density at radius 1 is 0.384 bits per heavy atom. The Bertz CT molecular complexity index is 4970. The van der Waals surface area contributed by atoms with Gasteiger partial charge in [-0.15, -0.1) is 23.6 Å². The van der Waals surface area contributed by atoms with Crippen LogP contribution in [-0.2, 0) is 53.6 Å². The van der Waals surface area contributed by atoms with Crippen LogP contribution in [0.3, 0.4) is 0 Å². The van der Waals surface area contributed by atoms with E-state index in [2.05, 4.69) is 229 Å². The van der Waals surface area contributed by atoms with Gasteiger partial charge < -0.3 is 14.1 Å². The summed E-state index contributed by atoms with van der Waals surface area (Å²) in [6.07, 6.45) is 42.6. The van der Waals surface area contributed by atoms with Gasteiger partial charge in [-0.2, -0.15) is 0 Å². The Balaban J connectivity index is 0.000000608. The van der Waals surface area contributed by atoms with Gasteiger partial charge in [0.05, 0.1) is 6.42 Å². The third-order valence-corrected chi connectivity index (χ3v) is 26.2. The van der Waals surface area contributed by atoms with Crippen molar-refractivity contribution in [2.24, 2.45) is 0 Å². The number of ketones is 2. The number of benzene rings is 9. The van der Waals surface area contributed by atoms with Crippen molar-refractivity contribution in [1.82, 2.24) is 14.1 Å². The van der Waals surface area contributed by atoms with Gasteiger partial charge in [-0.05, 0) is 173 Å². The number of pyridine rings is 1. The van der Waals surface area contributed by atoms with E-state index in [1.807, 2.05) is 30.5 Å². The van der Waals surface area contributed by atoms with Gasteiger partial charge in [-0.3, -0.25) is 9.59 Å². The van der Waals surface area contributed by atoms with Gasteiger partial charge in [0.25, 0.3) is 0 Å². The number of hydrogen-bond acceptors (Lipinski definition) is 4. The van der Waals surface area contributed by atoms with E-state index < -0.39 is 0 Å². The van der Waals surface area contributed by atoms with Crippen molar-refractivity contribution >= 4 is 76.6 Å². The number of rotatable bonds is 42. The molecule has 2 aliphatic rings. The van der Waals surface area contributed by atoms with Crippen LogP contribution in [0.25, 0.3) is 97.6 Å². The van der Waals surface area contributed by atoms with Crippen molar-refractivity contribution < 1.29 is 29.7 Å². The van der Waals surface area contributed by atoms with Crippen LogP contribution in [0, 0.1) is 19.9 Å². The number of thiophene rings is 1. The first-order valence-electron chi connectivity index (χ1n) is 43.4. The SMILES string of the molecule is CCCCCCC1(CCCCCCCCCCC(=O)CC(C)=O)c2cc(C)ccc2-c2ccc(-c3ccc4c(c3)C(CCCCCCCCCCn3c5ccccc5c5ccccc53)(CCCCCCCCCCn3c5ccccc5c5ccccc53)c3cc(C)ccc3-4)cc21.[Ir].[c-]1c(-c2ccccn2)sc2ccccc12. The first-order chi connectivity index (χ1) is 54.6. The molecule has 0 fully saturated rings. The van der Waals surface area contributed by atoms with Crippen LogP contribution in [-0.4, -0.2) is 25.7 Å². The molecule has 0 saturated carbocycles. The van der Waals surface area contributed by atoms with E-state index in [0.29, 0.717) is 6.42 Å². The number of para-hydroxylation sites is 4. The number of aromatic nitrogens is 3. The summed E-state index contributed by atoms with van der Waals surface area (Å²) in [5.41, 5.74) is 24.2. The Hall–Kier alpha value is -8.32. The number of carbonyl (C=O) groups is 2. The summed E-state index contributed by atoms with van der Waals surface area (Å²) in [5.74, 6) is 0.0897. The molecule has 2 aliphatic carbocycles. The molecule has 583 valence electrons. The van der Waals surface area contributed by atoms with Crippen LogP contribution in [0.4, 0.5) is 0 Å². The van der Waals surface area contributed by atoms with Crippen molar-refractivity contribution in [3.63, 3.8) is 0 Å². The van der Waals surface area contributed by atoms with Crippen molar-refractivity contribution in [1.29, 1.82) is 0 Å². The molecule has 0 aliphatic heterocycles. The maximum Gasteiger partial charge on any atom is 0.140 e. The monoisotopic (exact) mass is 1680 g/mol. The number of carbonyl (C=O) groups excluding carboxylic acids is 2. The summed E-state index contributed by atoms with van der Waals surface area (Å²) in [4.78, 5) is 29.0. The predicted molar refractivity (Wildman–Crippen MR) is 475 cm³/mol. The normalized spacial score (nSPS) is 13.9. The van der Waals surface area contributed by atoms with Gasteiger partial charge in [-0.25, -0.2) is 11.3 Å². The second-order valence-electron chi connectivity index (χ2n) is 33.1. The first kappa shape index (κ1) is 81.7. The minimum atomic E-state index is -0.0147. The fraction of sp³-hybridized carbons (Fsp3) is 0.400. The minimum absolute atomic E-state index is 0. The number of nitrogens with zero attached hydrogens (tertiary/aromatic N) is 3. The first-order valence-corrected chi connectivity index (χ1v) is 44.2. The Labute approximate surface area is 687 Å². The average molecular weight is 1680 g/mol. The van der Waals surface area contributed by atoms with Gasteiger partial charge in [-0.1, -0.05) is 336 Å². The molecule has 15 rings (SSSR count). The van der Waals surface area contributed by atoms with E-state index in [0.717, 1.165) is 36.5 Å². The average Bonchev–Trinajstić information content (AvgIpc) is 1.55. The third-order valence-electron chi connectivity index (χ3n) is 25.2. The second-order valence-corrected chi connectivity index (χ2v) is 34.2. The van der Waals surface area contributed by atoms with Crippen LogP contribution in [0.5, 0.6) is 0 Å². The molecule has 5 nitrogen and oxygen atoms in total. The van der Waals surface area contributed by atoms with Crippen LogP contribution in [0.2, 0.25) is 0 Å². The molecule has 1 radical (unpaired) electrons. The summed E-state index contributed by atoms with van der Waals surface area (Å²) in [6, 6.07) is 83.8. The zero-order valence-electron chi connectivity index (χ0n) is 67.6. The molecule has 0 amide bonds. The van der Waals surface area contributed by atoms with Crippen LogP contribution < -0.4 is 0 Å². The van der Waals surface area contributed by atoms with Crippen molar-refractivity contribution in [2.75, 3.05) is 0 Å². The number of unbranched alkanes of at least 4 members (excludes halogenated alkanes) is 24. The van der Waals surface area contributed by atoms with E-state index in [9.17, 15) is 9.59 Å². The van der Waals surface area contributed by atoms with E-state index in [4.69, 9.17) is 0 Å². The number of fused-ring (bicyclic) bond motifs is 13. The number of Topliss-reactive ketones (excluding diaryl/α,β-unsaturated/α-hetero) is 2. The van der Waals surface area contributed by atoms with Gasteiger partial charge in [0.15, 0.2) is 0 Å². The van der Waals surface area contributed by atoms with Crippen molar-refractivity contribution in [2.45, 2.75) is 270 Å². The number of hydrogen-bond donors (Lipinski definition) is 0. The molecule has 4 aromatic heterocycles. The molecule has 7 heteroatoms. The molecule has 0 bridgehead atoms. The van der Waals surface area contributed by atoms with Gasteiger partial charge in [0.2, 0.25) is 0 Å². The largest absolute Gasteiger partial charge is 0.340 e. The molecular weight excluding hydrogens is 1560 g/mol. The zero-order chi connectivity index (χ0) is 76.2. The predicted octanol–water partition coefficient (Wildman–Crippen LogP) is 30.3. The molecule has 13 aromatic rings. The van der Waals surface area contributed by atoms with E-state index in [-0.39, 0.29) is 48.9 Å². The maximum absolute atomic E-state index is 12.1. The molecule has 4 heterocycles. The molecule has 0 spiro atoms. The fourth-order valence-electron chi connectivity index (χ4n) is 19.5. The summed E-state index contributed by atoms with van der Waals surface area (Å²) in [5, 5.41) is 6.69. The summed E-state index contributed by atoms with van der Waals surface area (Å²) in [6.45, 7) is 10.7. The van der Waals surface area contributed by atoms with Gasteiger partial charge >= 0.3 is 0 Å². The molecule has 112 heavy (non-hydrogen) atoms. The molecule has 1 atom stereocenters. The van der Waals surface area contributed by atoms with Gasteiger partial charge in [0, 0.05) is 106 Å². The molecular formula is C105H120IrN3O2S-. The zero-order valence-corrected chi connectivity index (χ0v) is 70.9. The van der Waals surface area contributed by atoms with Crippen molar-refractivity contribution in [3.05, 3.63) is 258 Å². The minimum Gasteiger partial charge on any atom is -0.340 e. The van der Waals surface area contributed by atoms with Crippen molar-refractivity contribution in [3.8, 4) is 44.0 Å². The van der Waals surface area contributed by atoms with Crippen LogP contribution >= 0.6 is 11.3 Å². The summed E-state index contributed by atoms with van der Waals surface area (Å²) >= 11 is 1.73. The standard InChI is InChI=1S/C92H112N2O2.C13H8NS.Ir/c1-5-6-7-35-58-91(59-36-21-15-9-8-14-20-26-41-74(96)66-71(4)95)83-64-69(2)50-54-75(83)77-56-52-72(67-85(77)91)73-53-57-78-76-55-51-70(3)65-84(76)92(86(78)68-73,60-37-22-16-10-12-18-24-39-62-93-87-46-31-27-42-79(87)80-43-28-32-47-88(80)93)61-38-23-17-11-13-19-25-40-63-94-89-48-33-29-44-81(89)82-45-30-34-49-90(82)94;1-2-7-12-10(5-1)9-13(15-12)11-6-3-4-8-14-11;/h27-34,42-57,64-65,67-68H,5-26,35-41,58-63,66H2,1-4H3;1-8H;/q;-1;. The Kier molecular flexibility index (Phi) is 29.3. The van der Waals surface area contributed by atoms with E-state index >= 15 is 0 Å². The number of aryl methyl sites for hydroxylation is 4. The van der Waals surface area contributed by atoms with Gasteiger partial charge in [0.1, 0.15) is 11.6 Å². The topological polar surface area (TPSA) is 56.9 Å². The third kappa shape index (κ3) is 19.2. The Morgan fingerprint density at radius 3 is 1.14 bits per heavy atom. The second kappa shape index (κ2) is 40.1. The molecule has 0 saturated heterocycles. The molecule has 0 N–H and O–H groups in total. The van der Waals surface area contributed by atoms with E-state index in [1.54, 1.807) is 33.6 Å². The summed E-state index contributed by atoms with van der Waals surface area (Å²) < 4.78 is 6.40. The maximum atomic E-state index is 12.1. The summed E-state index contributed by atoms with van der Waals surface area (Å²) in [7, 11) is 0. The van der Waals surface area contributed by atoms with E-state index in [1.165, 1.54) is 298 Å². The van der Waals surface area contributed by atoms with Crippen LogP contribution in [0.1, 0.15) is 266 Å². The fourth-order valence-corrected chi connectivity index (χ4v) is 20.4. The molecule has 9 aromatic carbocycles. The quantitative estimate of drug-likeness (QED) is 0.0218. The smallest absolute Gasteiger partial charge is 0.140 e.